The Morgan fingerprint density at radius 2 is 0.534 bits per heavy atom. The van der Waals surface area contributed by atoms with Crippen LogP contribution in [0.3, 0.4) is 0 Å². The molecule has 0 saturated carbocycles. The van der Waals surface area contributed by atoms with E-state index in [9.17, 15) is 15.3 Å². The number of rotatable bonds is 9. The summed E-state index contributed by atoms with van der Waals surface area (Å²) in [5.74, 6) is -0.153. The van der Waals surface area contributed by atoms with E-state index >= 15 is 0 Å². The predicted octanol–water partition coefficient (Wildman–Crippen LogP) is 14.0. The van der Waals surface area contributed by atoms with Gasteiger partial charge in [0.25, 0.3) is 0 Å². The SMILES string of the molecule is Oc1ccccc1C(c1cc(-c2ccccc2)c(O)c(-c2ccccc2)c1-c1ccccc1)c1cc(-c2ccccc2)c(O)c(-c2ccccc2)c1-c1ccccc1. The zero-order valence-corrected chi connectivity index (χ0v) is 31.7. The van der Waals surface area contributed by atoms with E-state index in [0.717, 1.165) is 55.6 Å². The van der Waals surface area contributed by atoms with Crippen LogP contribution in [-0.4, -0.2) is 15.3 Å². The zero-order valence-electron chi connectivity index (χ0n) is 31.7. The summed E-state index contributed by atoms with van der Waals surface area (Å²) in [6.45, 7) is 0. The molecular formula is C55H40O3. The minimum atomic E-state index is -0.623. The molecule has 3 nitrogen and oxygen atoms in total. The van der Waals surface area contributed by atoms with E-state index in [1.807, 2.05) is 176 Å². The van der Waals surface area contributed by atoms with Crippen LogP contribution in [0.25, 0.3) is 66.8 Å². The Labute approximate surface area is 339 Å². The molecule has 0 bridgehead atoms. The van der Waals surface area contributed by atoms with E-state index in [-0.39, 0.29) is 17.2 Å². The monoisotopic (exact) mass is 748 g/mol. The van der Waals surface area contributed by atoms with Crippen LogP contribution in [0.1, 0.15) is 22.6 Å². The van der Waals surface area contributed by atoms with Crippen molar-refractivity contribution < 1.29 is 15.3 Å². The maximum Gasteiger partial charge on any atom is 0.131 e. The Morgan fingerprint density at radius 3 is 0.862 bits per heavy atom. The van der Waals surface area contributed by atoms with Crippen molar-refractivity contribution in [2.24, 2.45) is 0 Å². The normalized spacial score (nSPS) is 11.1. The van der Waals surface area contributed by atoms with Crippen molar-refractivity contribution in [3.8, 4) is 84.0 Å². The molecule has 0 amide bonds. The molecule has 3 N–H and O–H groups in total. The molecule has 3 heteroatoms. The number of phenolic OH excluding ortho intramolecular Hbond substituents is 3. The van der Waals surface area contributed by atoms with Crippen molar-refractivity contribution in [3.63, 3.8) is 0 Å². The second-order valence-electron chi connectivity index (χ2n) is 14.4. The highest BCUT2D eigenvalue weighted by Crippen LogP contribution is 2.55. The Kier molecular flexibility index (Phi) is 9.85. The van der Waals surface area contributed by atoms with Gasteiger partial charge in [-0.15, -0.1) is 0 Å². The molecule has 0 radical (unpaired) electrons. The van der Waals surface area contributed by atoms with Crippen molar-refractivity contribution >= 4 is 0 Å². The highest BCUT2D eigenvalue weighted by atomic mass is 16.3. The van der Waals surface area contributed by atoms with Gasteiger partial charge in [0, 0.05) is 33.7 Å². The number of hydrogen-bond acceptors (Lipinski definition) is 3. The highest BCUT2D eigenvalue weighted by molar-refractivity contribution is 5.99. The summed E-state index contributed by atoms with van der Waals surface area (Å²) in [5, 5.41) is 37.3. The summed E-state index contributed by atoms with van der Waals surface area (Å²) in [5.41, 5.74) is 12.1. The molecule has 278 valence electrons. The molecule has 0 aliphatic carbocycles. The third kappa shape index (κ3) is 6.69. The Bertz CT molecular complexity index is 2650. The van der Waals surface area contributed by atoms with Gasteiger partial charge >= 0.3 is 0 Å². The number of hydrogen-bond donors (Lipinski definition) is 3. The molecule has 9 aromatic rings. The molecule has 9 rings (SSSR count). The first-order valence-corrected chi connectivity index (χ1v) is 19.5. The number of benzene rings is 9. The van der Waals surface area contributed by atoms with E-state index in [1.165, 1.54) is 0 Å². The van der Waals surface area contributed by atoms with Gasteiger partial charge in [-0.3, -0.25) is 0 Å². The predicted molar refractivity (Wildman–Crippen MR) is 238 cm³/mol. The zero-order chi connectivity index (χ0) is 39.4. The van der Waals surface area contributed by atoms with Crippen LogP contribution in [0.5, 0.6) is 17.2 Å². The van der Waals surface area contributed by atoms with Gasteiger partial charge in [0.1, 0.15) is 17.2 Å². The molecule has 0 heterocycles. The molecule has 0 saturated heterocycles. The van der Waals surface area contributed by atoms with Gasteiger partial charge in [0.15, 0.2) is 0 Å². The molecule has 0 aromatic heterocycles. The van der Waals surface area contributed by atoms with Gasteiger partial charge in [0.05, 0.1) is 0 Å². The molecule has 0 aliphatic heterocycles. The molecular weight excluding hydrogens is 709 g/mol. The average molecular weight is 749 g/mol. The van der Waals surface area contributed by atoms with E-state index in [2.05, 4.69) is 36.4 Å². The van der Waals surface area contributed by atoms with Gasteiger partial charge in [-0.2, -0.15) is 0 Å². The third-order valence-electron chi connectivity index (χ3n) is 11.0. The quantitative estimate of drug-likeness (QED) is 0.129. The highest BCUT2D eigenvalue weighted by Gasteiger charge is 2.33. The molecule has 58 heavy (non-hydrogen) atoms. The fourth-order valence-electron chi connectivity index (χ4n) is 8.36. The lowest BCUT2D eigenvalue weighted by Crippen LogP contribution is -2.10. The standard InChI is InChI=1S/C55H40O3/c56-48-34-20-19-33-43(48)53(46-35-44(37-21-7-1-8-22-37)54(57)51(41-29-15-5-16-30-41)49(46)39-25-11-3-12-26-39)47-36-45(38-23-9-2-10-24-38)55(58)52(42-31-17-6-18-32-42)50(47)40-27-13-4-14-28-40/h1-36,53,56-58H. The number of phenols is 3. The second-order valence-corrected chi connectivity index (χ2v) is 14.4. The molecule has 0 spiro atoms. The van der Waals surface area contributed by atoms with Crippen LogP contribution in [0.2, 0.25) is 0 Å². The molecule has 0 aliphatic rings. The Morgan fingerprint density at radius 1 is 0.259 bits per heavy atom. The first kappa shape index (κ1) is 36.0. The van der Waals surface area contributed by atoms with E-state index in [4.69, 9.17) is 0 Å². The van der Waals surface area contributed by atoms with Crippen LogP contribution >= 0.6 is 0 Å². The van der Waals surface area contributed by atoms with Gasteiger partial charge in [0.2, 0.25) is 0 Å². The van der Waals surface area contributed by atoms with Gasteiger partial charge in [-0.1, -0.05) is 200 Å². The summed E-state index contributed by atoms with van der Waals surface area (Å²) in [6.07, 6.45) is 0. The summed E-state index contributed by atoms with van der Waals surface area (Å²) < 4.78 is 0. The summed E-state index contributed by atoms with van der Waals surface area (Å²) >= 11 is 0. The topological polar surface area (TPSA) is 60.7 Å². The second kappa shape index (κ2) is 15.9. The van der Waals surface area contributed by atoms with Crippen molar-refractivity contribution in [1.29, 1.82) is 0 Å². The van der Waals surface area contributed by atoms with Crippen LogP contribution in [0.15, 0.2) is 218 Å². The maximum atomic E-state index is 12.6. The van der Waals surface area contributed by atoms with E-state index in [1.54, 1.807) is 6.07 Å². The molecule has 0 unspecified atom stereocenters. The first-order valence-electron chi connectivity index (χ1n) is 19.5. The van der Waals surface area contributed by atoms with Crippen molar-refractivity contribution in [2.75, 3.05) is 0 Å². The Hall–Kier alpha value is -7.62. The van der Waals surface area contributed by atoms with Crippen LogP contribution < -0.4 is 0 Å². The average Bonchev–Trinajstić information content (AvgIpc) is 3.29. The fraction of sp³-hybridized carbons (Fsp3) is 0.0182. The number of para-hydroxylation sites is 1. The first-order chi connectivity index (χ1) is 28.6. The largest absolute Gasteiger partial charge is 0.508 e. The molecule has 9 aromatic carbocycles. The molecule has 0 fully saturated rings. The van der Waals surface area contributed by atoms with Crippen LogP contribution in [-0.2, 0) is 0 Å². The van der Waals surface area contributed by atoms with Crippen molar-refractivity contribution in [2.45, 2.75) is 5.92 Å². The van der Waals surface area contributed by atoms with Crippen LogP contribution in [0, 0.1) is 0 Å². The lowest BCUT2D eigenvalue weighted by Gasteiger charge is -2.30. The van der Waals surface area contributed by atoms with Crippen molar-refractivity contribution in [3.05, 3.63) is 235 Å². The summed E-state index contributed by atoms with van der Waals surface area (Å²) in [6, 6.07) is 72.1. The maximum absolute atomic E-state index is 12.6. The lowest BCUT2D eigenvalue weighted by molar-refractivity contribution is 0.467. The lowest BCUT2D eigenvalue weighted by atomic mass is 9.73. The smallest absolute Gasteiger partial charge is 0.131 e. The van der Waals surface area contributed by atoms with E-state index < -0.39 is 5.92 Å². The van der Waals surface area contributed by atoms with Gasteiger partial charge < -0.3 is 15.3 Å². The summed E-state index contributed by atoms with van der Waals surface area (Å²) in [4.78, 5) is 0. The van der Waals surface area contributed by atoms with Gasteiger partial charge in [-0.25, -0.2) is 0 Å². The van der Waals surface area contributed by atoms with E-state index in [0.29, 0.717) is 27.8 Å². The Balaban J connectivity index is 1.52. The minimum Gasteiger partial charge on any atom is -0.508 e. The third-order valence-corrected chi connectivity index (χ3v) is 11.0. The number of aromatic hydroxyl groups is 3. The fourth-order valence-corrected chi connectivity index (χ4v) is 8.36. The van der Waals surface area contributed by atoms with Crippen molar-refractivity contribution in [1.82, 2.24) is 0 Å². The van der Waals surface area contributed by atoms with Gasteiger partial charge in [-0.05, 0) is 73.8 Å². The minimum absolute atomic E-state index is 0.136. The van der Waals surface area contributed by atoms with Crippen LogP contribution in [0.4, 0.5) is 0 Å². The molecule has 0 atom stereocenters. The summed E-state index contributed by atoms with van der Waals surface area (Å²) in [7, 11) is 0.